The van der Waals surface area contributed by atoms with Gasteiger partial charge in [0.25, 0.3) is 5.91 Å². The number of aromatic nitrogens is 3. The van der Waals surface area contributed by atoms with Gasteiger partial charge in [-0.25, -0.2) is 4.68 Å². The summed E-state index contributed by atoms with van der Waals surface area (Å²) in [4.78, 5) is 31.9. The highest BCUT2D eigenvalue weighted by Gasteiger charge is 2.36. The Balaban J connectivity index is 1.35. The first-order chi connectivity index (χ1) is 17.1. The number of thioether (sulfide) groups is 1. The van der Waals surface area contributed by atoms with Gasteiger partial charge < -0.3 is 19.7 Å². The van der Waals surface area contributed by atoms with E-state index in [0.717, 1.165) is 53.4 Å². The fourth-order valence-electron chi connectivity index (χ4n) is 4.61. The van der Waals surface area contributed by atoms with Crippen LogP contribution in [0.4, 0.5) is 5.95 Å². The molecule has 186 valence electrons. The number of unbranched alkanes of at least 4 members (excludes halogenated alkanes) is 1. The summed E-state index contributed by atoms with van der Waals surface area (Å²) >= 11 is 1.64. The largest absolute Gasteiger partial charge is 0.484 e. The maximum Gasteiger partial charge on any atom is 0.260 e. The van der Waals surface area contributed by atoms with Gasteiger partial charge in [-0.2, -0.15) is 4.98 Å². The SMILES string of the molecule is CCCCSc1nc2n(n1)C(c1ccc(OCC(=O)N3CCOCC3)cc1)C1=C(CCCC1=O)N2. The van der Waals surface area contributed by atoms with Crippen LogP contribution < -0.4 is 10.1 Å². The smallest absolute Gasteiger partial charge is 0.260 e. The van der Waals surface area contributed by atoms with Crippen LogP contribution in [0.15, 0.2) is 40.7 Å². The Morgan fingerprint density at radius 2 is 2.03 bits per heavy atom. The van der Waals surface area contributed by atoms with E-state index < -0.39 is 0 Å². The molecule has 0 spiro atoms. The van der Waals surface area contributed by atoms with E-state index in [9.17, 15) is 9.59 Å². The number of allylic oxidation sites excluding steroid dienone is 2. The second-order valence-electron chi connectivity index (χ2n) is 8.91. The van der Waals surface area contributed by atoms with Gasteiger partial charge in [-0.05, 0) is 37.0 Å². The molecule has 0 saturated carbocycles. The minimum Gasteiger partial charge on any atom is -0.484 e. The lowest BCUT2D eigenvalue weighted by Crippen LogP contribution is -2.42. The molecule has 1 saturated heterocycles. The van der Waals surface area contributed by atoms with Gasteiger partial charge in [0, 0.05) is 36.5 Å². The van der Waals surface area contributed by atoms with Crippen molar-refractivity contribution in [1.29, 1.82) is 0 Å². The number of ketones is 1. The maximum absolute atomic E-state index is 13.0. The fraction of sp³-hybridized carbons (Fsp3) is 0.520. The summed E-state index contributed by atoms with van der Waals surface area (Å²) in [6.45, 7) is 4.49. The molecule has 1 aliphatic carbocycles. The Kier molecular flexibility index (Phi) is 7.38. The van der Waals surface area contributed by atoms with Gasteiger partial charge in [-0.3, -0.25) is 9.59 Å². The molecule has 3 heterocycles. The van der Waals surface area contributed by atoms with Crippen molar-refractivity contribution >= 4 is 29.4 Å². The third-order valence-electron chi connectivity index (χ3n) is 6.50. The van der Waals surface area contributed by atoms with Crippen molar-refractivity contribution < 1.29 is 19.1 Å². The molecule has 5 rings (SSSR count). The molecule has 1 aromatic carbocycles. The van der Waals surface area contributed by atoms with Crippen LogP contribution >= 0.6 is 11.8 Å². The van der Waals surface area contributed by atoms with Crippen LogP contribution in [0.3, 0.4) is 0 Å². The average Bonchev–Trinajstić information content (AvgIpc) is 3.29. The Hall–Kier alpha value is -2.85. The fourth-order valence-corrected chi connectivity index (χ4v) is 5.52. The summed E-state index contributed by atoms with van der Waals surface area (Å²) in [7, 11) is 0. The zero-order valence-corrected chi connectivity index (χ0v) is 20.8. The summed E-state index contributed by atoms with van der Waals surface area (Å²) in [5.41, 5.74) is 2.67. The minimum atomic E-state index is -0.328. The van der Waals surface area contributed by atoms with Crippen LogP contribution in [-0.4, -0.2) is 70.0 Å². The van der Waals surface area contributed by atoms with Gasteiger partial charge in [0.15, 0.2) is 12.4 Å². The van der Waals surface area contributed by atoms with E-state index in [1.165, 1.54) is 0 Å². The third kappa shape index (κ3) is 5.23. The Morgan fingerprint density at radius 3 is 2.80 bits per heavy atom. The number of amides is 1. The zero-order valence-electron chi connectivity index (χ0n) is 20.0. The minimum absolute atomic E-state index is 0.00789. The van der Waals surface area contributed by atoms with Gasteiger partial charge in [-0.1, -0.05) is 37.2 Å². The third-order valence-corrected chi connectivity index (χ3v) is 7.42. The summed E-state index contributed by atoms with van der Waals surface area (Å²) in [6.07, 6.45) is 4.44. The number of carbonyl (C=O) groups excluding carboxylic acids is 2. The highest BCUT2D eigenvalue weighted by Crippen LogP contribution is 2.40. The standard InChI is InChI=1S/C25H31N5O4S/c1-2-3-15-35-25-27-24-26-19-5-4-6-20(31)22(19)23(30(24)28-25)17-7-9-18(10-8-17)34-16-21(32)29-11-13-33-14-12-29/h7-10,23H,2-6,11-16H2,1H3,(H,26,27,28). The molecule has 1 amide bonds. The quantitative estimate of drug-likeness (QED) is 0.438. The summed E-state index contributed by atoms with van der Waals surface area (Å²) < 4.78 is 12.9. The topological polar surface area (TPSA) is 98.6 Å². The number of hydrogen-bond donors (Lipinski definition) is 1. The molecule has 3 aliphatic rings. The first kappa shape index (κ1) is 23.9. The van der Waals surface area contributed by atoms with E-state index in [1.54, 1.807) is 16.7 Å². The number of morpholine rings is 1. The Labute approximate surface area is 209 Å². The Morgan fingerprint density at radius 1 is 1.23 bits per heavy atom. The molecule has 1 fully saturated rings. The Bertz CT molecular complexity index is 1110. The molecule has 1 unspecified atom stereocenters. The molecule has 2 aliphatic heterocycles. The van der Waals surface area contributed by atoms with E-state index in [1.807, 2.05) is 28.9 Å². The van der Waals surface area contributed by atoms with Gasteiger partial charge in [0.2, 0.25) is 11.1 Å². The van der Waals surface area contributed by atoms with Crippen LogP contribution in [0.5, 0.6) is 5.75 Å². The highest BCUT2D eigenvalue weighted by molar-refractivity contribution is 7.99. The van der Waals surface area contributed by atoms with Crippen LogP contribution in [0.25, 0.3) is 0 Å². The van der Waals surface area contributed by atoms with Crippen LogP contribution in [-0.2, 0) is 14.3 Å². The molecule has 0 bridgehead atoms. The summed E-state index contributed by atoms with van der Waals surface area (Å²) in [5, 5.41) is 8.86. The molecule has 2 aromatic rings. The normalized spacial score (nSPS) is 19.7. The van der Waals surface area contributed by atoms with E-state index >= 15 is 0 Å². The molecule has 10 heteroatoms. The number of hydrogen-bond acceptors (Lipinski definition) is 8. The van der Waals surface area contributed by atoms with Crippen molar-refractivity contribution in [2.75, 3.05) is 44.0 Å². The van der Waals surface area contributed by atoms with Crippen LogP contribution in [0, 0.1) is 0 Å². The summed E-state index contributed by atoms with van der Waals surface area (Å²) in [5.74, 6) is 2.37. The average molecular weight is 498 g/mol. The molecule has 1 N–H and O–H groups in total. The van der Waals surface area contributed by atoms with Gasteiger partial charge >= 0.3 is 0 Å². The predicted octanol–water partition coefficient (Wildman–Crippen LogP) is 3.43. The van der Waals surface area contributed by atoms with E-state index in [-0.39, 0.29) is 24.3 Å². The number of benzene rings is 1. The molecule has 1 aromatic heterocycles. The molecule has 35 heavy (non-hydrogen) atoms. The molecule has 9 nitrogen and oxygen atoms in total. The van der Waals surface area contributed by atoms with Crippen LogP contribution in [0.1, 0.15) is 50.6 Å². The second-order valence-corrected chi connectivity index (χ2v) is 9.97. The predicted molar refractivity (Wildman–Crippen MR) is 133 cm³/mol. The number of rotatable bonds is 8. The number of nitrogens with one attached hydrogen (secondary N) is 1. The van der Waals surface area contributed by atoms with Crippen molar-refractivity contribution in [3.63, 3.8) is 0 Å². The first-order valence-electron chi connectivity index (χ1n) is 12.3. The maximum atomic E-state index is 13.0. The number of carbonyl (C=O) groups is 2. The number of anilines is 1. The summed E-state index contributed by atoms with van der Waals surface area (Å²) in [6, 6.07) is 7.28. The van der Waals surface area contributed by atoms with Gasteiger partial charge in [0.05, 0.1) is 13.2 Å². The van der Waals surface area contributed by atoms with Crippen molar-refractivity contribution in [3.05, 3.63) is 41.1 Å². The lowest BCUT2D eigenvalue weighted by Gasteiger charge is -2.32. The number of ether oxygens (including phenoxy) is 2. The number of fused-ring (bicyclic) bond motifs is 1. The van der Waals surface area contributed by atoms with Crippen molar-refractivity contribution in [1.82, 2.24) is 19.7 Å². The molecular weight excluding hydrogens is 466 g/mol. The zero-order chi connectivity index (χ0) is 24.2. The second kappa shape index (κ2) is 10.8. The van der Waals surface area contributed by atoms with Gasteiger partial charge in [-0.15, -0.1) is 5.10 Å². The molecule has 0 radical (unpaired) electrons. The van der Waals surface area contributed by atoms with Crippen molar-refractivity contribution in [3.8, 4) is 5.75 Å². The molecule has 1 atom stereocenters. The highest BCUT2D eigenvalue weighted by atomic mass is 32.2. The number of Topliss-reactive ketones (excluding diaryl/α,β-unsaturated/α-hetero) is 1. The monoisotopic (exact) mass is 497 g/mol. The van der Waals surface area contributed by atoms with E-state index in [4.69, 9.17) is 19.6 Å². The van der Waals surface area contributed by atoms with Gasteiger partial charge in [0.1, 0.15) is 11.8 Å². The molecular formula is C25H31N5O4S. The lowest BCUT2D eigenvalue weighted by atomic mass is 9.85. The van der Waals surface area contributed by atoms with E-state index in [2.05, 4.69) is 12.2 Å². The first-order valence-corrected chi connectivity index (χ1v) is 13.3. The van der Waals surface area contributed by atoms with E-state index in [0.29, 0.717) is 44.4 Å². The lowest BCUT2D eigenvalue weighted by molar-refractivity contribution is -0.137. The van der Waals surface area contributed by atoms with Crippen LogP contribution in [0.2, 0.25) is 0 Å². The van der Waals surface area contributed by atoms with Crippen molar-refractivity contribution in [2.45, 2.75) is 50.2 Å². The van der Waals surface area contributed by atoms with Crippen molar-refractivity contribution in [2.24, 2.45) is 0 Å². The number of nitrogens with zero attached hydrogens (tertiary/aromatic N) is 4.